The van der Waals surface area contributed by atoms with Crippen molar-refractivity contribution in [3.05, 3.63) is 21.9 Å². The molecular formula is C12H16N2O3S2. The third-order valence-electron chi connectivity index (χ3n) is 2.88. The first-order valence-electron chi connectivity index (χ1n) is 5.98. The van der Waals surface area contributed by atoms with Gasteiger partial charge in [0.1, 0.15) is 6.04 Å². The summed E-state index contributed by atoms with van der Waals surface area (Å²) >= 11 is 3.20. The van der Waals surface area contributed by atoms with Crippen LogP contribution in [0.1, 0.15) is 9.75 Å². The third kappa shape index (κ3) is 3.63. The molecule has 1 aromatic rings. The molecule has 1 aliphatic rings. The Labute approximate surface area is 120 Å². The van der Waals surface area contributed by atoms with Gasteiger partial charge in [0.25, 0.3) is 0 Å². The van der Waals surface area contributed by atoms with Crippen molar-refractivity contribution in [1.82, 2.24) is 10.2 Å². The van der Waals surface area contributed by atoms with Gasteiger partial charge in [0.05, 0.1) is 6.54 Å². The van der Waals surface area contributed by atoms with Crippen molar-refractivity contribution in [3.8, 4) is 0 Å². The molecule has 2 rings (SSSR count). The highest BCUT2D eigenvalue weighted by Gasteiger charge is 2.32. The van der Waals surface area contributed by atoms with Gasteiger partial charge in [-0.2, -0.15) is 11.8 Å². The molecule has 19 heavy (non-hydrogen) atoms. The highest BCUT2D eigenvalue weighted by Crippen LogP contribution is 2.18. The highest BCUT2D eigenvalue weighted by molar-refractivity contribution is 7.99. The van der Waals surface area contributed by atoms with Crippen molar-refractivity contribution in [1.29, 1.82) is 0 Å². The molecule has 0 spiro atoms. The Bertz CT molecular complexity index is 475. The Morgan fingerprint density at radius 3 is 2.95 bits per heavy atom. The van der Waals surface area contributed by atoms with Crippen molar-refractivity contribution < 1.29 is 14.7 Å². The van der Waals surface area contributed by atoms with Crippen LogP contribution in [0.5, 0.6) is 0 Å². The molecule has 1 fully saturated rings. The minimum Gasteiger partial charge on any atom is -0.480 e. The Morgan fingerprint density at radius 2 is 2.32 bits per heavy atom. The Kier molecular flexibility index (Phi) is 4.71. The first-order chi connectivity index (χ1) is 9.08. The maximum absolute atomic E-state index is 12.0. The lowest BCUT2D eigenvalue weighted by atomic mass is 10.3. The zero-order chi connectivity index (χ0) is 13.8. The summed E-state index contributed by atoms with van der Waals surface area (Å²) in [5.74, 6) is 0.310. The molecule has 1 atom stereocenters. The lowest BCUT2D eigenvalue weighted by molar-refractivity contribution is -0.141. The highest BCUT2D eigenvalue weighted by atomic mass is 32.2. The van der Waals surface area contributed by atoms with Gasteiger partial charge in [-0.15, -0.1) is 11.3 Å². The minimum absolute atomic E-state index is 0.293. The van der Waals surface area contributed by atoms with Crippen LogP contribution in [0, 0.1) is 6.92 Å². The second-order valence-electron chi connectivity index (χ2n) is 4.29. The van der Waals surface area contributed by atoms with E-state index in [2.05, 4.69) is 5.32 Å². The van der Waals surface area contributed by atoms with E-state index in [0.29, 0.717) is 18.8 Å². The Morgan fingerprint density at radius 1 is 1.53 bits per heavy atom. The normalized spacial score (nSPS) is 19.2. The summed E-state index contributed by atoms with van der Waals surface area (Å²) < 4.78 is 0. The van der Waals surface area contributed by atoms with Gasteiger partial charge < -0.3 is 15.3 Å². The van der Waals surface area contributed by atoms with Crippen LogP contribution in [0.4, 0.5) is 4.79 Å². The maximum Gasteiger partial charge on any atom is 0.327 e. The van der Waals surface area contributed by atoms with Crippen molar-refractivity contribution in [2.45, 2.75) is 19.5 Å². The topological polar surface area (TPSA) is 69.6 Å². The largest absolute Gasteiger partial charge is 0.480 e. The summed E-state index contributed by atoms with van der Waals surface area (Å²) in [4.78, 5) is 26.8. The molecule has 7 heteroatoms. The number of thiophene rings is 1. The van der Waals surface area contributed by atoms with Gasteiger partial charge in [0.2, 0.25) is 0 Å². The molecule has 2 N–H and O–H groups in total. The molecule has 104 valence electrons. The van der Waals surface area contributed by atoms with Gasteiger partial charge in [0, 0.05) is 27.8 Å². The number of carboxylic acid groups (broad SMARTS) is 1. The summed E-state index contributed by atoms with van der Waals surface area (Å²) in [7, 11) is 0. The van der Waals surface area contributed by atoms with Crippen LogP contribution in [-0.2, 0) is 11.3 Å². The van der Waals surface area contributed by atoms with Gasteiger partial charge in [-0.05, 0) is 19.1 Å². The van der Waals surface area contributed by atoms with E-state index >= 15 is 0 Å². The van der Waals surface area contributed by atoms with E-state index in [1.54, 1.807) is 23.1 Å². The van der Waals surface area contributed by atoms with Gasteiger partial charge in [-0.25, -0.2) is 9.59 Å². The van der Waals surface area contributed by atoms with E-state index in [1.807, 2.05) is 19.1 Å². The minimum atomic E-state index is -0.936. The number of urea groups is 1. The van der Waals surface area contributed by atoms with Crippen molar-refractivity contribution in [2.75, 3.05) is 18.1 Å². The van der Waals surface area contributed by atoms with Gasteiger partial charge in [0.15, 0.2) is 0 Å². The van der Waals surface area contributed by atoms with Crippen LogP contribution in [0.15, 0.2) is 12.1 Å². The number of carbonyl (C=O) groups is 2. The summed E-state index contributed by atoms with van der Waals surface area (Å²) in [5.41, 5.74) is 0. The van der Waals surface area contributed by atoms with E-state index in [4.69, 9.17) is 5.11 Å². The predicted molar refractivity (Wildman–Crippen MR) is 76.7 cm³/mol. The average molecular weight is 300 g/mol. The van der Waals surface area contributed by atoms with Crippen molar-refractivity contribution in [3.63, 3.8) is 0 Å². The molecule has 1 aromatic heterocycles. The fourth-order valence-electron chi connectivity index (χ4n) is 1.90. The first-order valence-corrected chi connectivity index (χ1v) is 7.95. The SMILES string of the molecule is Cc1ccc(CNC(=O)N2CCSCC2C(=O)O)s1. The molecule has 1 aliphatic heterocycles. The van der Waals surface area contributed by atoms with Crippen molar-refractivity contribution >= 4 is 35.1 Å². The molecule has 1 unspecified atom stereocenters. The fourth-order valence-corrected chi connectivity index (χ4v) is 3.76. The van der Waals surface area contributed by atoms with Crippen LogP contribution >= 0.6 is 23.1 Å². The van der Waals surface area contributed by atoms with Crippen LogP contribution in [0.3, 0.4) is 0 Å². The standard InChI is InChI=1S/C12H16N2O3S2/c1-8-2-3-9(19-8)6-13-12(17)14-4-5-18-7-10(14)11(15)16/h2-3,10H,4-7H2,1H3,(H,13,17)(H,15,16). The Hall–Kier alpha value is -1.21. The van der Waals surface area contributed by atoms with E-state index in [9.17, 15) is 9.59 Å². The third-order valence-corrected chi connectivity index (χ3v) is 4.91. The smallest absolute Gasteiger partial charge is 0.327 e. The molecule has 0 saturated carbocycles. The number of thioether (sulfide) groups is 1. The number of nitrogens with zero attached hydrogens (tertiary/aromatic N) is 1. The Balaban J connectivity index is 1.92. The molecule has 0 aromatic carbocycles. The number of carbonyl (C=O) groups excluding carboxylic acids is 1. The number of rotatable bonds is 3. The van der Waals surface area contributed by atoms with E-state index in [0.717, 1.165) is 10.6 Å². The van der Waals surface area contributed by atoms with E-state index in [1.165, 1.54) is 9.78 Å². The molecular weight excluding hydrogens is 284 g/mol. The first kappa shape index (κ1) is 14.2. The number of hydrogen-bond acceptors (Lipinski definition) is 4. The molecule has 0 bridgehead atoms. The van der Waals surface area contributed by atoms with E-state index < -0.39 is 12.0 Å². The summed E-state index contributed by atoms with van der Waals surface area (Å²) in [5, 5.41) is 11.9. The molecule has 0 radical (unpaired) electrons. The molecule has 0 aliphatic carbocycles. The number of hydrogen-bond donors (Lipinski definition) is 2. The quantitative estimate of drug-likeness (QED) is 0.892. The second-order valence-corrected chi connectivity index (χ2v) is 6.82. The van der Waals surface area contributed by atoms with Crippen molar-refractivity contribution in [2.24, 2.45) is 0 Å². The summed E-state index contributed by atoms with van der Waals surface area (Å²) in [6.07, 6.45) is 0. The van der Waals surface area contributed by atoms with E-state index in [-0.39, 0.29) is 6.03 Å². The fraction of sp³-hybridized carbons (Fsp3) is 0.500. The molecule has 2 amide bonds. The zero-order valence-corrected chi connectivity index (χ0v) is 12.2. The number of nitrogens with one attached hydrogen (secondary N) is 1. The van der Waals surface area contributed by atoms with Crippen LogP contribution in [-0.4, -0.2) is 46.1 Å². The molecule has 2 heterocycles. The monoisotopic (exact) mass is 300 g/mol. The summed E-state index contributed by atoms with van der Waals surface area (Å²) in [6, 6.07) is 2.97. The number of aryl methyl sites for hydroxylation is 1. The van der Waals surface area contributed by atoms with Crippen LogP contribution in [0.2, 0.25) is 0 Å². The van der Waals surface area contributed by atoms with Crippen LogP contribution in [0.25, 0.3) is 0 Å². The number of carboxylic acids is 1. The predicted octanol–water partition coefficient (Wildman–Crippen LogP) is 1.77. The van der Waals surface area contributed by atoms with Gasteiger partial charge in [-0.3, -0.25) is 0 Å². The summed E-state index contributed by atoms with van der Waals surface area (Å²) in [6.45, 7) is 2.95. The zero-order valence-electron chi connectivity index (χ0n) is 10.6. The lowest BCUT2D eigenvalue weighted by Crippen LogP contribution is -2.53. The lowest BCUT2D eigenvalue weighted by Gasteiger charge is -2.32. The molecule has 1 saturated heterocycles. The van der Waals surface area contributed by atoms with Crippen LogP contribution < -0.4 is 5.32 Å². The molecule has 5 nitrogen and oxygen atoms in total. The second kappa shape index (κ2) is 6.29. The number of aliphatic carboxylic acids is 1. The average Bonchev–Trinajstić information content (AvgIpc) is 2.81. The number of amides is 2. The maximum atomic E-state index is 12.0. The van der Waals surface area contributed by atoms with Gasteiger partial charge >= 0.3 is 12.0 Å². The van der Waals surface area contributed by atoms with Gasteiger partial charge in [-0.1, -0.05) is 0 Å².